The molecule has 3 aromatic rings. The number of hydrogen-bond donors (Lipinski definition) is 4. The number of nitrogens with one attached hydrogen (secondary N) is 2. The Labute approximate surface area is 188 Å². The molecule has 0 unspecified atom stereocenters. The lowest BCUT2D eigenvalue weighted by atomic mass is 9.87. The number of fused-ring (bicyclic) bond motifs is 2. The number of carbonyl (C=O) groups excluding carboxylic acids is 1. The molecule has 1 aromatic heterocycles. The molecule has 0 saturated carbocycles. The molecule has 8 heteroatoms. The highest BCUT2D eigenvalue weighted by molar-refractivity contribution is 9.10. The van der Waals surface area contributed by atoms with Gasteiger partial charge in [0.15, 0.2) is 0 Å². The fraction of sp³-hybridized carbons (Fsp3) is 0.318. The first-order valence-electron chi connectivity index (χ1n) is 9.82. The number of thiol groups is 1. The summed E-state index contributed by atoms with van der Waals surface area (Å²) < 4.78 is 1.02. The van der Waals surface area contributed by atoms with Crippen molar-refractivity contribution in [3.05, 3.63) is 63.8 Å². The van der Waals surface area contributed by atoms with Gasteiger partial charge in [-0.1, -0.05) is 40.2 Å². The van der Waals surface area contributed by atoms with Crippen molar-refractivity contribution in [1.82, 2.24) is 15.5 Å². The van der Waals surface area contributed by atoms with Crippen molar-refractivity contribution in [2.75, 3.05) is 5.75 Å². The van der Waals surface area contributed by atoms with E-state index in [-0.39, 0.29) is 18.2 Å². The second kappa shape index (κ2) is 8.81. The Balaban J connectivity index is 1.52. The summed E-state index contributed by atoms with van der Waals surface area (Å²) in [6, 6.07) is 12.6. The van der Waals surface area contributed by atoms with Crippen LogP contribution in [0.2, 0.25) is 0 Å². The van der Waals surface area contributed by atoms with E-state index in [2.05, 4.69) is 50.1 Å². The van der Waals surface area contributed by atoms with Crippen LogP contribution < -0.4 is 5.32 Å². The third-order valence-electron chi connectivity index (χ3n) is 5.81. The van der Waals surface area contributed by atoms with Gasteiger partial charge in [-0.25, -0.2) is 4.79 Å². The average molecular weight is 488 g/mol. The Morgan fingerprint density at radius 1 is 1.30 bits per heavy atom. The minimum Gasteiger partial charge on any atom is -0.480 e. The first-order valence-corrected chi connectivity index (χ1v) is 11.2. The predicted molar refractivity (Wildman–Crippen MR) is 122 cm³/mol. The molecule has 0 bridgehead atoms. The van der Waals surface area contributed by atoms with Gasteiger partial charge in [0.25, 0.3) is 0 Å². The highest BCUT2D eigenvalue weighted by Crippen LogP contribution is 2.40. The van der Waals surface area contributed by atoms with Gasteiger partial charge in [-0.3, -0.25) is 9.89 Å². The number of aryl methyl sites for hydroxylation is 1. The number of hydrogen-bond acceptors (Lipinski definition) is 4. The topological polar surface area (TPSA) is 95.1 Å². The Kier molecular flexibility index (Phi) is 6.15. The van der Waals surface area contributed by atoms with Gasteiger partial charge in [0.05, 0.1) is 11.4 Å². The molecule has 0 aliphatic heterocycles. The van der Waals surface area contributed by atoms with Gasteiger partial charge < -0.3 is 10.4 Å². The molecule has 156 valence electrons. The monoisotopic (exact) mass is 487 g/mol. The number of rotatable bonds is 7. The maximum Gasteiger partial charge on any atom is 0.326 e. The minimum atomic E-state index is -1.07. The van der Waals surface area contributed by atoms with Crippen molar-refractivity contribution in [2.45, 2.75) is 31.2 Å². The van der Waals surface area contributed by atoms with Crippen molar-refractivity contribution < 1.29 is 14.7 Å². The second-order valence-corrected chi connectivity index (χ2v) is 8.88. The van der Waals surface area contributed by atoms with E-state index in [4.69, 9.17) is 0 Å². The number of aromatic nitrogens is 2. The van der Waals surface area contributed by atoms with Crippen LogP contribution in [0.5, 0.6) is 0 Å². The number of para-hydroxylation sites is 1. The van der Waals surface area contributed by atoms with Crippen LogP contribution in [-0.2, 0) is 22.4 Å². The molecule has 6 nitrogen and oxygen atoms in total. The van der Waals surface area contributed by atoms with Crippen LogP contribution in [0.25, 0.3) is 10.9 Å². The maximum atomic E-state index is 13.1. The highest BCUT2D eigenvalue weighted by Gasteiger charge is 2.35. The second-order valence-electron chi connectivity index (χ2n) is 7.60. The summed E-state index contributed by atoms with van der Waals surface area (Å²) in [4.78, 5) is 25.0. The van der Waals surface area contributed by atoms with E-state index < -0.39 is 17.9 Å². The first-order chi connectivity index (χ1) is 14.5. The average Bonchev–Trinajstić information content (AvgIpc) is 3.32. The number of nitrogens with zero attached hydrogens (tertiary/aromatic N) is 1. The van der Waals surface area contributed by atoms with Crippen LogP contribution in [0.1, 0.15) is 29.2 Å². The van der Waals surface area contributed by atoms with Crippen LogP contribution in [0.15, 0.2) is 46.9 Å². The van der Waals surface area contributed by atoms with E-state index in [9.17, 15) is 14.7 Å². The van der Waals surface area contributed by atoms with Crippen LogP contribution in [0.3, 0.4) is 0 Å². The molecule has 0 fully saturated rings. The van der Waals surface area contributed by atoms with Crippen molar-refractivity contribution in [1.29, 1.82) is 0 Å². The van der Waals surface area contributed by atoms with E-state index >= 15 is 0 Å². The molecule has 4 rings (SSSR count). The summed E-state index contributed by atoms with van der Waals surface area (Å²) in [5, 5.41) is 20.4. The summed E-state index contributed by atoms with van der Waals surface area (Å²) >= 11 is 7.91. The zero-order valence-corrected chi connectivity index (χ0v) is 18.6. The lowest BCUT2D eigenvalue weighted by Gasteiger charge is -2.24. The smallest absolute Gasteiger partial charge is 0.326 e. The number of benzene rings is 2. The first kappa shape index (κ1) is 20.9. The third-order valence-corrected chi connectivity index (χ3v) is 6.70. The van der Waals surface area contributed by atoms with Crippen LogP contribution >= 0.6 is 28.6 Å². The molecule has 1 aliphatic rings. The van der Waals surface area contributed by atoms with E-state index in [1.54, 1.807) is 0 Å². The number of aliphatic carboxylic acids is 1. The lowest BCUT2D eigenvalue weighted by molar-refractivity contribution is -0.142. The molecule has 0 spiro atoms. The van der Waals surface area contributed by atoms with Crippen molar-refractivity contribution in [3.8, 4) is 0 Å². The third kappa shape index (κ3) is 4.11. The van der Waals surface area contributed by atoms with E-state index in [0.717, 1.165) is 33.8 Å². The van der Waals surface area contributed by atoms with Gasteiger partial charge >= 0.3 is 5.97 Å². The summed E-state index contributed by atoms with van der Waals surface area (Å²) in [5.74, 6) is -1.35. The van der Waals surface area contributed by atoms with Gasteiger partial charge in [-0.05, 0) is 48.1 Å². The molecule has 30 heavy (non-hydrogen) atoms. The van der Waals surface area contributed by atoms with Gasteiger partial charge in [-0.2, -0.15) is 17.7 Å². The van der Waals surface area contributed by atoms with Crippen LogP contribution in [0.4, 0.5) is 0 Å². The van der Waals surface area contributed by atoms with E-state index in [1.165, 1.54) is 5.56 Å². The van der Waals surface area contributed by atoms with Gasteiger partial charge in [0.1, 0.15) is 6.04 Å². The summed E-state index contributed by atoms with van der Waals surface area (Å²) in [6.45, 7) is 0. The van der Waals surface area contributed by atoms with Crippen molar-refractivity contribution >= 4 is 51.3 Å². The number of amides is 1. The lowest BCUT2D eigenvalue weighted by Crippen LogP contribution is -2.46. The fourth-order valence-corrected chi connectivity index (χ4v) is 5.11. The fourth-order valence-electron chi connectivity index (χ4n) is 4.28. The molecule has 0 saturated heterocycles. The summed E-state index contributed by atoms with van der Waals surface area (Å²) in [6.07, 6.45) is 1.89. The molecule has 1 aliphatic carbocycles. The zero-order chi connectivity index (χ0) is 21.3. The summed E-state index contributed by atoms with van der Waals surface area (Å²) in [7, 11) is 0. The van der Waals surface area contributed by atoms with Gasteiger partial charge in [-0.15, -0.1) is 0 Å². The number of halogens is 1. The number of carboxylic acid groups (broad SMARTS) is 1. The molecule has 1 heterocycles. The largest absolute Gasteiger partial charge is 0.480 e. The Bertz CT molecular complexity index is 1100. The number of H-pyrrole nitrogens is 1. The highest BCUT2D eigenvalue weighted by atomic mass is 79.9. The minimum absolute atomic E-state index is 0.0352. The number of carbonyl (C=O) groups is 2. The zero-order valence-electron chi connectivity index (χ0n) is 16.1. The van der Waals surface area contributed by atoms with E-state index in [0.29, 0.717) is 11.4 Å². The van der Waals surface area contributed by atoms with Crippen molar-refractivity contribution in [3.63, 3.8) is 0 Å². The number of carboxylic acids is 1. The Morgan fingerprint density at radius 3 is 2.87 bits per heavy atom. The standard InChI is InChI=1S/C22H22BrN3O3S/c23-13-6-8-14-12(9-13)5-7-15(14)17(11-30)21(27)24-20(22(28)29)10-19-16-3-1-2-4-18(16)25-26-19/h1-4,6,8-9,15,17,20,30H,5,7,10-11H2,(H,24,27)(H,25,26)(H,28,29)/t15-,17-,20-/m0/s1. The molecule has 3 N–H and O–H groups in total. The van der Waals surface area contributed by atoms with Gasteiger partial charge in [0.2, 0.25) is 5.91 Å². The molecule has 1 amide bonds. The molecular formula is C22H22BrN3O3S. The Morgan fingerprint density at radius 2 is 2.10 bits per heavy atom. The quantitative estimate of drug-likeness (QED) is 0.382. The van der Waals surface area contributed by atoms with E-state index in [1.807, 2.05) is 36.4 Å². The van der Waals surface area contributed by atoms with Crippen molar-refractivity contribution in [2.24, 2.45) is 5.92 Å². The molecule has 0 radical (unpaired) electrons. The van der Waals surface area contributed by atoms with Crippen LogP contribution in [0, 0.1) is 5.92 Å². The summed E-state index contributed by atoms with van der Waals surface area (Å²) in [5.41, 5.74) is 3.84. The normalized spacial score (nSPS) is 17.5. The van der Waals surface area contributed by atoms with Crippen LogP contribution in [-0.4, -0.2) is 39.0 Å². The number of aromatic amines is 1. The van der Waals surface area contributed by atoms with Gasteiger partial charge in [0, 0.05) is 27.7 Å². The SMILES string of the molecule is O=C(O)[C@H](Cc1[nH]nc2ccccc12)NC(=O)[C@@H](CS)[C@H]1CCc2cc(Br)ccc21. The predicted octanol–water partition coefficient (Wildman–Crippen LogP) is 3.71. The Hall–Kier alpha value is -2.32. The molecular weight excluding hydrogens is 466 g/mol. The molecule has 2 aromatic carbocycles. The molecule has 3 atom stereocenters. The maximum absolute atomic E-state index is 13.1.